The highest BCUT2D eigenvalue weighted by molar-refractivity contribution is 5.80. The van der Waals surface area contributed by atoms with Crippen LogP contribution in [-0.2, 0) is 4.74 Å². The molecule has 0 aromatic carbocycles. The van der Waals surface area contributed by atoms with Gasteiger partial charge in [0.2, 0.25) is 0 Å². The Balaban J connectivity index is 1.52. The van der Waals surface area contributed by atoms with E-state index in [0.29, 0.717) is 19.1 Å². The summed E-state index contributed by atoms with van der Waals surface area (Å²) in [6, 6.07) is 0.0828. The SMILES string of the molecule is CCNC(=NCC(NC(=O)OCC)C1CC1)N1CCC(CN2CCCCC2)C1. The predicted octanol–water partition coefficient (Wildman–Crippen LogP) is 2.28. The number of likely N-dealkylation sites (tertiary alicyclic amines) is 2. The number of ether oxygens (including phenoxy) is 1. The number of carbonyl (C=O) groups is 1. The van der Waals surface area contributed by atoms with E-state index in [1.54, 1.807) is 0 Å². The maximum absolute atomic E-state index is 11.8. The number of aliphatic imine (C=N–C) groups is 1. The fourth-order valence-electron chi connectivity index (χ4n) is 4.43. The van der Waals surface area contributed by atoms with E-state index in [9.17, 15) is 4.79 Å². The monoisotopic (exact) mass is 393 g/mol. The Morgan fingerprint density at radius 2 is 1.93 bits per heavy atom. The zero-order chi connectivity index (χ0) is 19.8. The average molecular weight is 394 g/mol. The van der Waals surface area contributed by atoms with Gasteiger partial charge in [-0.1, -0.05) is 6.42 Å². The minimum atomic E-state index is -0.317. The zero-order valence-electron chi connectivity index (χ0n) is 17.8. The summed E-state index contributed by atoms with van der Waals surface area (Å²) in [4.78, 5) is 21.8. The molecule has 2 saturated heterocycles. The summed E-state index contributed by atoms with van der Waals surface area (Å²) in [7, 11) is 0. The lowest BCUT2D eigenvalue weighted by Gasteiger charge is -2.29. The van der Waals surface area contributed by atoms with E-state index < -0.39 is 0 Å². The van der Waals surface area contributed by atoms with Gasteiger partial charge in [-0.3, -0.25) is 4.99 Å². The second-order valence-corrected chi connectivity index (χ2v) is 8.47. The van der Waals surface area contributed by atoms with Gasteiger partial charge < -0.3 is 25.2 Å². The van der Waals surface area contributed by atoms with E-state index in [0.717, 1.165) is 31.5 Å². The number of alkyl carbamates (subject to hydrolysis) is 1. The third-order valence-corrected chi connectivity index (χ3v) is 6.09. The van der Waals surface area contributed by atoms with Crippen molar-refractivity contribution >= 4 is 12.1 Å². The number of hydrogen-bond donors (Lipinski definition) is 2. The molecule has 2 heterocycles. The Morgan fingerprint density at radius 3 is 2.61 bits per heavy atom. The average Bonchev–Trinajstić information content (AvgIpc) is 3.44. The van der Waals surface area contributed by atoms with Gasteiger partial charge in [-0.2, -0.15) is 0 Å². The fraction of sp³-hybridized carbons (Fsp3) is 0.905. The minimum Gasteiger partial charge on any atom is -0.450 e. The lowest BCUT2D eigenvalue weighted by atomic mass is 10.1. The standard InChI is InChI=1S/C21H39N5O2/c1-3-22-20(23-14-19(18-8-9-18)24-21(27)28-4-2)26-13-10-17(16-26)15-25-11-6-5-7-12-25/h17-19H,3-16H2,1-2H3,(H,22,23)(H,24,27). The summed E-state index contributed by atoms with van der Waals surface area (Å²) in [6.07, 6.45) is 7.38. The molecule has 1 amide bonds. The molecule has 160 valence electrons. The third kappa shape index (κ3) is 6.54. The first-order chi connectivity index (χ1) is 13.7. The molecule has 7 nitrogen and oxygen atoms in total. The van der Waals surface area contributed by atoms with Crippen LogP contribution < -0.4 is 10.6 Å². The molecular formula is C21H39N5O2. The maximum Gasteiger partial charge on any atom is 0.407 e. The molecule has 3 aliphatic rings. The molecule has 0 bridgehead atoms. The molecule has 28 heavy (non-hydrogen) atoms. The molecule has 3 fully saturated rings. The number of guanidine groups is 1. The van der Waals surface area contributed by atoms with Crippen LogP contribution in [0.25, 0.3) is 0 Å². The molecule has 2 atom stereocenters. The van der Waals surface area contributed by atoms with Crippen LogP contribution in [0.4, 0.5) is 4.79 Å². The van der Waals surface area contributed by atoms with Gasteiger partial charge in [0.05, 0.1) is 19.2 Å². The lowest BCUT2D eigenvalue weighted by molar-refractivity contribution is 0.147. The molecule has 0 aromatic rings. The maximum atomic E-state index is 11.8. The summed E-state index contributed by atoms with van der Waals surface area (Å²) in [6.45, 7) is 11.8. The Morgan fingerprint density at radius 1 is 1.14 bits per heavy atom. The van der Waals surface area contributed by atoms with E-state index in [-0.39, 0.29) is 12.1 Å². The smallest absolute Gasteiger partial charge is 0.407 e. The van der Waals surface area contributed by atoms with Crippen LogP contribution in [0.5, 0.6) is 0 Å². The fourth-order valence-corrected chi connectivity index (χ4v) is 4.43. The first-order valence-electron chi connectivity index (χ1n) is 11.4. The second-order valence-electron chi connectivity index (χ2n) is 8.47. The topological polar surface area (TPSA) is 69.2 Å². The van der Waals surface area contributed by atoms with E-state index in [4.69, 9.17) is 9.73 Å². The van der Waals surface area contributed by atoms with Crippen molar-refractivity contribution in [1.82, 2.24) is 20.4 Å². The number of carbonyl (C=O) groups excluding carboxylic acids is 1. The molecular weight excluding hydrogens is 354 g/mol. The second kappa shape index (κ2) is 10.9. The van der Waals surface area contributed by atoms with Crippen LogP contribution in [0, 0.1) is 11.8 Å². The summed E-state index contributed by atoms with van der Waals surface area (Å²) >= 11 is 0. The van der Waals surface area contributed by atoms with Crippen molar-refractivity contribution in [1.29, 1.82) is 0 Å². The summed E-state index contributed by atoms with van der Waals surface area (Å²) in [5, 5.41) is 6.47. The quantitative estimate of drug-likeness (QED) is 0.489. The van der Waals surface area contributed by atoms with Crippen LogP contribution in [0.15, 0.2) is 4.99 Å². The molecule has 2 N–H and O–H groups in total. The Labute approximate surface area is 170 Å². The molecule has 0 radical (unpaired) electrons. The van der Waals surface area contributed by atoms with Crippen molar-refractivity contribution in [2.45, 2.75) is 58.4 Å². The molecule has 3 rings (SSSR count). The summed E-state index contributed by atoms with van der Waals surface area (Å²) in [5.74, 6) is 2.28. The first kappa shape index (κ1) is 21.2. The van der Waals surface area contributed by atoms with Gasteiger partial charge >= 0.3 is 6.09 Å². The van der Waals surface area contributed by atoms with Crippen LogP contribution >= 0.6 is 0 Å². The van der Waals surface area contributed by atoms with Gasteiger partial charge in [0.15, 0.2) is 5.96 Å². The van der Waals surface area contributed by atoms with Crippen molar-refractivity contribution < 1.29 is 9.53 Å². The Hall–Kier alpha value is -1.50. The number of hydrogen-bond acceptors (Lipinski definition) is 4. The van der Waals surface area contributed by atoms with Crippen molar-refractivity contribution in [2.75, 3.05) is 52.4 Å². The van der Waals surface area contributed by atoms with E-state index in [1.165, 1.54) is 58.2 Å². The van der Waals surface area contributed by atoms with E-state index in [1.807, 2.05) is 6.92 Å². The minimum absolute atomic E-state index is 0.0828. The molecule has 7 heteroatoms. The highest BCUT2D eigenvalue weighted by Gasteiger charge is 2.33. The number of nitrogens with zero attached hydrogens (tertiary/aromatic N) is 3. The van der Waals surface area contributed by atoms with Crippen LogP contribution in [0.3, 0.4) is 0 Å². The van der Waals surface area contributed by atoms with E-state index >= 15 is 0 Å². The number of rotatable bonds is 8. The molecule has 0 aromatic heterocycles. The van der Waals surface area contributed by atoms with Crippen molar-refractivity contribution in [3.63, 3.8) is 0 Å². The highest BCUT2D eigenvalue weighted by atomic mass is 16.5. The number of piperidine rings is 1. The number of nitrogens with one attached hydrogen (secondary N) is 2. The van der Waals surface area contributed by atoms with Crippen molar-refractivity contribution in [2.24, 2.45) is 16.8 Å². The molecule has 0 spiro atoms. The lowest BCUT2D eigenvalue weighted by Crippen LogP contribution is -2.43. The van der Waals surface area contributed by atoms with E-state index in [2.05, 4.69) is 27.4 Å². The van der Waals surface area contributed by atoms with Gasteiger partial charge in [0.25, 0.3) is 0 Å². The third-order valence-electron chi connectivity index (χ3n) is 6.09. The van der Waals surface area contributed by atoms with Gasteiger partial charge in [-0.25, -0.2) is 4.79 Å². The molecule has 1 aliphatic carbocycles. The van der Waals surface area contributed by atoms with Gasteiger partial charge in [0.1, 0.15) is 0 Å². The van der Waals surface area contributed by atoms with Crippen molar-refractivity contribution in [3.8, 4) is 0 Å². The Kier molecular flexibility index (Phi) is 8.25. The van der Waals surface area contributed by atoms with Gasteiger partial charge in [-0.05, 0) is 70.9 Å². The highest BCUT2D eigenvalue weighted by Crippen LogP contribution is 2.33. The molecule has 2 unspecified atom stereocenters. The Bertz CT molecular complexity index is 517. The van der Waals surface area contributed by atoms with Crippen molar-refractivity contribution in [3.05, 3.63) is 0 Å². The first-order valence-corrected chi connectivity index (χ1v) is 11.4. The predicted molar refractivity (Wildman–Crippen MR) is 113 cm³/mol. The molecule has 2 aliphatic heterocycles. The van der Waals surface area contributed by atoms with Crippen LogP contribution in [0.1, 0.15) is 52.4 Å². The zero-order valence-corrected chi connectivity index (χ0v) is 17.8. The van der Waals surface area contributed by atoms with Gasteiger partial charge in [-0.15, -0.1) is 0 Å². The van der Waals surface area contributed by atoms with Crippen LogP contribution in [0.2, 0.25) is 0 Å². The molecule has 1 saturated carbocycles. The van der Waals surface area contributed by atoms with Crippen LogP contribution in [-0.4, -0.2) is 80.3 Å². The summed E-state index contributed by atoms with van der Waals surface area (Å²) < 4.78 is 5.06. The largest absolute Gasteiger partial charge is 0.450 e. The number of amides is 1. The normalized spacial score (nSPS) is 24.9. The summed E-state index contributed by atoms with van der Waals surface area (Å²) in [5.41, 5.74) is 0. The van der Waals surface area contributed by atoms with Gasteiger partial charge in [0, 0.05) is 26.2 Å².